The highest BCUT2D eigenvalue weighted by molar-refractivity contribution is 6.04. The molecule has 106 valence electrons. The van der Waals surface area contributed by atoms with Gasteiger partial charge in [0, 0.05) is 23.6 Å². The van der Waals surface area contributed by atoms with Crippen LogP contribution in [0.4, 0.5) is 0 Å². The summed E-state index contributed by atoms with van der Waals surface area (Å²) in [5, 5.41) is 0.928. The molecular weight excluding hydrogens is 262 g/mol. The minimum absolute atomic E-state index is 0.297. The quantitative estimate of drug-likeness (QED) is 0.683. The lowest BCUT2D eigenvalue weighted by Gasteiger charge is -2.06. The fourth-order valence-electron chi connectivity index (χ4n) is 2.66. The van der Waals surface area contributed by atoms with Gasteiger partial charge in [-0.3, -0.25) is 0 Å². The Hall–Kier alpha value is -2.55. The number of carbonyl (C=O) groups is 1. The summed E-state index contributed by atoms with van der Waals surface area (Å²) in [4.78, 5) is 11.9. The van der Waals surface area contributed by atoms with E-state index in [1.165, 1.54) is 18.2 Å². The van der Waals surface area contributed by atoms with Crippen LogP contribution in [0, 0.1) is 6.92 Å². The Kier molecular flexibility index (Phi) is 3.48. The molecule has 0 saturated carbocycles. The van der Waals surface area contributed by atoms with E-state index in [1.54, 1.807) is 0 Å². The number of hydrogen-bond donors (Lipinski definition) is 0. The van der Waals surface area contributed by atoms with Crippen molar-refractivity contribution in [2.75, 3.05) is 7.11 Å². The number of hydrogen-bond acceptors (Lipinski definition) is 2. The van der Waals surface area contributed by atoms with Crippen molar-refractivity contribution in [2.24, 2.45) is 0 Å². The number of aryl methyl sites for hydroxylation is 1. The van der Waals surface area contributed by atoms with Gasteiger partial charge in [0.2, 0.25) is 0 Å². The predicted molar refractivity (Wildman–Crippen MR) is 83.6 cm³/mol. The molecule has 1 heterocycles. The zero-order chi connectivity index (χ0) is 14.8. The van der Waals surface area contributed by atoms with E-state index in [0.717, 1.165) is 17.4 Å². The SMILES string of the molecule is COC(=O)c1cn(Cc2cccc(C)c2)c2ccccc12. The number of carbonyl (C=O) groups excluding carboxylic acids is 1. The van der Waals surface area contributed by atoms with Gasteiger partial charge in [0.25, 0.3) is 0 Å². The lowest BCUT2D eigenvalue weighted by Crippen LogP contribution is -2.01. The smallest absolute Gasteiger partial charge is 0.340 e. The second-order valence-electron chi connectivity index (χ2n) is 5.17. The van der Waals surface area contributed by atoms with E-state index in [4.69, 9.17) is 4.74 Å². The topological polar surface area (TPSA) is 31.2 Å². The van der Waals surface area contributed by atoms with E-state index < -0.39 is 0 Å². The van der Waals surface area contributed by atoms with E-state index in [0.29, 0.717) is 5.56 Å². The molecule has 0 saturated heterocycles. The highest BCUT2D eigenvalue weighted by Gasteiger charge is 2.15. The molecular formula is C18H17NO2. The first kappa shape index (κ1) is 13.4. The largest absolute Gasteiger partial charge is 0.465 e. The van der Waals surface area contributed by atoms with Gasteiger partial charge in [-0.2, -0.15) is 0 Å². The summed E-state index contributed by atoms with van der Waals surface area (Å²) in [6, 6.07) is 16.3. The van der Waals surface area contributed by atoms with Crippen molar-refractivity contribution >= 4 is 16.9 Å². The molecule has 1 aromatic heterocycles. The van der Waals surface area contributed by atoms with Crippen LogP contribution in [0.3, 0.4) is 0 Å². The number of esters is 1. The number of benzene rings is 2. The summed E-state index contributed by atoms with van der Waals surface area (Å²) >= 11 is 0. The summed E-state index contributed by atoms with van der Waals surface area (Å²) < 4.78 is 6.97. The number of fused-ring (bicyclic) bond motifs is 1. The second-order valence-corrected chi connectivity index (χ2v) is 5.17. The van der Waals surface area contributed by atoms with Crippen molar-refractivity contribution in [2.45, 2.75) is 13.5 Å². The average Bonchev–Trinajstić information content (AvgIpc) is 2.86. The van der Waals surface area contributed by atoms with Crippen molar-refractivity contribution in [1.29, 1.82) is 0 Å². The summed E-state index contributed by atoms with van der Waals surface area (Å²) in [5.41, 5.74) is 4.10. The first-order chi connectivity index (χ1) is 10.2. The maximum atomic E-state index is 11.9. The molecule has 3 heteroatoms. The van der Waals surface area contributed by atoms with Crippen LogP contribution in [0.2, 0.25) is 0 Å². The number of methoxy groups -OCH3 is 1. The van der Waals surface area contributed by atoms with Gasteiger partial charge in [-0.1, -0.05) is 48.0 Å². The first-order valence-corrected chi connectivity index (χ1v) is 6.91. The van der Waals surface area contributed by atoms with Crippen LogP contribution in [0.15, 0.2) is 54.7 Å². The zero-order valence-electron chi connectivity index (χ0n) is 12.2. The Morgan fingerprint density at radius 1 is 1.14 bits per heavy atom. The molecule has 0 atom stereocenters. The minimum atomic E-state index is -0.297. The highest BCUT2D eigenvalue weighted by Crippen LogP contribution is 2.23. The van der Waals surface area contributed by atoms with Gasteiger partial charge in [0.15, 0.2) is 0 Å². The van der Waals surface area contributed by atoms with E-state index in [9.17, 15) is 4.79 Å². The van der Waals surface area contributed by atoms with Gasteiger partial charge in [-0.25, -0.2) is 4.79 Å². The van der Waals surface area contributed by atoms with E-state index in [1.807, 2.05) is 30.5 Å². The zero-order valence-corrected chi connectivity index (χ0v) is 12.2. The molecule has 3 nitrogen and oxygen atoms in total. The van der Waals surface area contributed by atoms with Crippen LogP contribution in [-0.4, -0.2) is 17.6 Å². The molecule has 0 aliphatic heterocycles. The van der Waals surface area contributed by atoms with E-state index in [2.05, 4.69) is 35.8 Å². The normalized spacial score (nSPS) is 10.8. The van der Waals surface area contributed by atoms with Crippen molar-refractivity contribution in [3.05, 3.63) is 71.4 Å². The van der Waals surface area contributed by atoms with Crippen LogP contribution in [0.25, 0.3) is 10.9 Å². The summed E-state index contributed by atoms with van der Waals surface area (Å²) in [5.74, 6) is -0.297. The molecule has 2 aromatic carbocycles. The van der Waals surface area contributed by atoms with Gasteiger partial charge in [0.1, 0.15) is 0 Å². The Labute approximate surface area is 123 Å². The van der Waals surface area contributed by atoms with E-state index >= 15 is 0 Å². The summed E-state index contributed by atoms with van der Waals surface area (Å²) in [7, 11) is 1.41. The van der Waals surface area contributed by atoms with Crippen LogP contribution < -0.4 is 0 Å². The van der Waals surface area contributed by atoms with Gasteiger partial charge in [-0.05, 0) is 18.6 Å². The molecule has 3 aromatic rings. The molecule has 0 fully saturated rings. The molecule has 0 N–H and O–H groups in total. The number of para-hydroxylation sites is 1. The lowest BCUT2D eigenvalue weighted by molar-refractivity contribution is 0.0602. The van der Waals surface area contributed by atoms with Crippen molar-refractivity contribution in [3.63, 3.8) is 0 Å². The fraction of sp³-hybridized carbons (Fsp3) is 0.167. The Morgan fingerprint density at radius 3 is 2.71 bits per heavy atom. The molecule has 3 rings (SSSR count). The van der Waals surface area contributed by atoms with Gasteiger partial charge in [0.05, 0.1) is 12.7 Å². The Balaban J connectivity index is 2.08. The molecule has 0 amide bonds. The Bertz CT molecular complexity index is 802. The molecule has 0 radical (unpaired) electrons. The van der Waals surface area contributed by atoms with Crippen molar-refractivity contribution in [3.8, 4) is 0 Å². The number of rotatable bonds is 3. The summed E-state index contributed by atoms with van der Waals surface area (Å²) in [6.45, 7) is 2.82. The molecule has 21 heavy (non-hydrogen) atoms. The standard InChI is InChI=1S/C18H17NO2/c1-13-6-5-7-14(10-13)11-19-12-16(18(20)21-2)15-8-3-4-9-17(15)19/h3-10,12H,11H2,1-2H3. The molecule has 0 bridgehead atoms. The third-order valence-electron chi connectivity index (χ3n) is 3.63. The Morgan fingerprint density at radius 2 is 1.95 bits per heavy atom. The third kappa shape index (κ3) is 2.55. The molecule has 0 aliphatic carbocycles. The summed E-state index contributed by atoms with van der Waals surface area (Å²) in [6.07, 6.45) is 1.87. The number of aromatic nitrogens is 1. The molecule has 0 spiro atoms. The second kappa shape index (κ2) is 5.44. The van der Waals surface area contributed by atoms with Gasteiger partial charge >= 0.3 is 5.97 Å². The van der Waals surface area contributed by atoms with Crippen LogP contribution >= 0.6 is 0 Å². The maximum Gasteiger partial charge on any atom is 0.340 e. The molecule has 0 aliphatic rings. The number of ether oxygens (including phenoxy) is 1. The number of nitrogens with zero attached hydrogens (tertiary/aromatic N) is 1. The van der Waals surface area contributed by atoms with Crippen LogP contribution in [-0.2, 0) is 11.3 Å². The van der Waals surface area contributed by atoms with Crippen molar-refractivity contribution < 1.29 is 9.53 Å². The molecule has 0 unspecified atom stereocenters. The fourth-order valence-corrected chi connectivity index (χ4v) is 2.66. The monoisotopic (exact) mass is 279 g/mol. The average molecular weight is 279 g/mol. The van der Waals surface area contributed by atoms with Gasteiger partial charge in [-0.15, -0.1) is 0 Å². The third-order valence-corrected chi connectivity index (χ3v) is 3.63. The van der Waals surface area contributed by atoms with Crippen LogP contribution in [0.1, 0.15) is 21.5 Å². The lowest BCUT2D eigenvalue weighted by atomic mass is 10.1. The van der Waals surface area contributed by atoms with Gasteiger partial charge < -0.3 is 9.30 Å². The first-order valence-electron chi connectivity index (χ1n) is 6.91. The van der Waals surface area contributed by atoms with Crippen LogP contribution in [0.5, 0.6) is 0 Å². The maximum absolute atomic E-state index is 11.9. The van der Waals surface area contributed by atoms with Crippen molar-refractivity contribution in [1.82, 2.24) is 4.57 Å². The van der Waals surface area contributed by atoms with E-state index in [-0.39, 0.29) is 5.97 Å². The minimum Gasteiger partial charge on any atom is -0.465 e. The predicted octanol–water partition coefficient (Wildman–Crippen LogP) is 3.78. The highest BCUT2D eigenvalue weighted by atomic mass is 16.5.